The summed E-state index contributed by atoms with van der Waals surface area (Å²) in [5.74, 6) is -0.712. The van der Waals surface area contributed by atoms with Crippen LogP contribution in [0.15, 0.2) is 18.2 Å². The van der Waals surface area contributed by atoms with E-state index in [0.717, 1.165) is 25.7 Å². The van der Waals surface area contributed by atoms with Crippen molar-refractivity contribution in [3.63, 3.8) is 0 Å². The van der Waals surface area contributed by atoms with E-state index in [1.165, 1.54) is 6.42 Å². The molecule has 0 atom stereocenters. The molecule has 104 valence electrons. The van der Waals surface area contributed by atoms with Crippen LogP contribution in [-0.2, 0) is 4.79 Å². The van der Waals surface area contributed by atoms with E-state index >= 15 is 0 Å². The minimum atomic E-state index is -0.404. The maximum atomic E-state index is 12.1. The number of imide groups is 1. The van der Waals surface area contributed by atoms with E-state index in [-0.39, 0.29) is 17.7 Å². The van der Waals surface area contributed by atoms with Crippen molar-refractivity contribution in [3.8, 4) is 0 Å². The summed E-state index contributed by atoms with van der Waals surface area (Å²) in [5, 5.41) is 5.08. The van der Waals surface area contributed by atoms with E-state index in [9.17, 15) is 14.4 Å². The molecule has 0 unspecified atom stereocenters. The lowest BCUT2D eigenvalue weighted by Gasteiger charge is -2.20. The second-order valence-electron chi connectivity index (χ2n) is 5.37. The smallest absolute Gasteiger partial charge is 0.259 e. The van der Waals surface area contributed by atoms with Crippen LogP contribution in [0.4, 0.5) is 5.69 Å². The summed E-state index contributed by atoms with van der Waals surface area (Å²) in [7, 11) is 0. The van der Waals surface area contributed by atoms with Crippen LogP contribution in [0.2, 0.25) is 0 Å². The molecule has 3 amide bonds. The third kappa shape index (κ3) is 2.31. The Morgan fingerprint density at radius 2 is 1.75 bits per heavy atom. The fourth-order valence-electron chi connectivity index (χ4n) is 2.85. The van der Waals surface area contributed by atoms with Gasteiger partial charge >= 0.3 is 0 Å². The average Bonchev–Trinajstić information content (AvgIpc) is 2.75. The lowest BCUT2D eigenvalue weighted by molar-refractivity contribution is -0.120. The normalized spacial score (nSPS) is 18.6. The van der Waals surface area contributed by atoms with E-state index < -0.39 is 5.91 Å². The molecule has 1 aliphatic heterocycles. The molecule has 1 aliphatic carbocycles. The SMILES string of the molecule is O=C1NC(=O)c2cc(NC(=O)C3CCCCC3)ccc21. The molecule has 1 aromatic rings. The van der Waals surface area contributed by atoms with Gasteiger partial charge in [-0.1, -0.05) is 19.3 Å². The first-order valence-corrected chi connectivity index (χ1v) is 6.96. The maximum Gasteiger partial charge on any atom is 0.259 e. The van der Waals surface area contributed by atoms with Crippen LogP contribution in [0.25, 0.3) is 0 Å². The Bertz CT molecular complexity index is 589. The van der Waals surface area contributed by atoms with E-state index in [0.29, 0.717) is 16.8 Å². The summed E-state index contributed by atoms with van der Waals surface area (Å²) >= 11 is 0. The highest BCUT2D eigenvalue weighted by Crippen LogP contribution is 2.26. The fraction of sp³-hybridized carbons (Fsp3) is 0.400. The first-order valence-electron chi connectivity index (χ1n) is 6.96. The van der Waals surface area contributed by atoms with Gasteiger partial charge in [-0.3, -0.25) is 19.7 Å². The Labute approximate surface area is 116 Å². The summed E-state index contributed by atoms with van der Waals surface area (Å²) in [6.45, 7) is 0. The Balaban J connectivity index is 1.75. The number of fused-ring (bicyclic) bond motifs is 1. The summed E-state index contributed by atoms with van der Waals surface area (Å²) in [6, 6.07) is 4.81. The van der Waals surface area contributed by atoms with Crippen molar-refractivity contribution in [1.29, 1.82) is 0 Å². The standard InChI is InChI=1S/C15H16N2O3/c18-13(9-4-2-1-3-5-9)16-10-6-7-11-12(8-10)15(20)17-14(11)19/h6-9H,1-5H2,(H,16,18)(H,17,19,20). The molecule has 0 spiro atoms. The second-order valence-corrected chi connectivity index (χ2v) is 5.37. The molecule has 1 fully saturated rings. The third-order valence-electron chi connectivity index (χ3n) is 3.98. The van der Waals surface area contributed by atoms with Gasteiger partial charge in [-0.2, -0.15) is 0 Å². The van der Waals surface area contributed by atoms with Gasteiger partial charge in [0.1, 0.15) is 0 Å². The molecule has 1 saturated carbocycles. The highest BCUT2D eigenvalue weighted by atomic mass is 16.2. The second kappa shape index (κ2) is 5.07. The highest BCUT2D eigenvalue weighted by Gasteiger charge is 2.27. The van der Waals surface area contributed by atoms with Crippen molar-refractivity contribution in [2.24, 2.45) is 5.92 Å². The molecule has 0 radical (unpaired) electrons. The first-order chi connectivity index (χ1) is 9.65. The Kier molecular flexibility index (Phi) is 3.26. The number of amides is 3. The summed E-state index contributed by atoms with van der Waals surface area (Å²) in [4.78, 5) is 35.1. The van der Waals surface area contributed by atoms with Crippen LogP contribution in [-0.4, -0.2) is 17.7 Å². The summed E-state index contributed by atoms with van der Waals surface area (Å²) < 4.78 is 0. The molecule has 3 rings (SSSR count). The number of hydrogen-bond acceptors (Lipinski definition) is 3. The van der Waals surface area contributed by atoms with Crippen molar-refractivity contribution in [1.82, 2.24) is 5.32 Å². The van der Waals surface area contributed by atoms with Crippen LogP contribution in [0.3, 0.4) is 0 Å². The zero-order valence-corrected chi connectivity index (χ0v) is 11.1. The lowest BCUT2D eigenvalue weighted by Crippen LogP contribution is -2.24. The monoisotopic (exact) mass is 272 g/mol. The molecule has 0 bridgehead atoms. The number of rotatable bonds is 2. The molecule has 2 N–H and O–H groups in total. The predicted octanol–water partition coefficient (Wildman–Crippen LogP) is 2.09. The Hall–Kier alpha value is -2.17. The van der Waals surface area contributed by atoms with Crippen LogP contribution in [0.1, 0.15) is 52.8 Å². The first kappa shape index (κ1) is 12.8. The number of carbonyl (C=O) groups excluding carboxylic acids is 3. The van der Waals surface area contributed by atoms with Crippen LogP contribution >= 0.6 is 0 Å². The van der Waals surface area contributed by atoms with Crippen LogP contribution in [0.5, 0.6) is 0 Å². The largest absolute Gasteiger partial charge is 0.326 e. The highest BCUT2D eigenvalue weighted by molar-refractivity contribution is 6.22. The molecule has 1 aromatic carbocycles. The van der Waals surface area contributed by atoms with Crippen molar-refractivity contribution in [2.75, 3.05) is 5.32 Å². The molecular weight excluding hydrogens is 256 g/mol. The van der Waals surface area contributed by atoms with Crippen molar-refractivity contribution >= 4 is 23.4 Å². The molecule has 20 heavy (non-hydrogen) atoms. The van der Waals surface area contributed by atoms with Gasteiger partial charge in [0, 0.05) is 11.6 Å². The quantitative estimate of drug-likeness (QED) is 0.809. The number of nitrogens with one attached hydrogen (secondary N) is 2. The van der Waals surface area contributed by atoms with Gasteiger partial charge in [0.05, 0.1) is 11.1 Å². The summed E-state index contributed by atoms with van der Waals surface area (Å²) in [6.07, 6.45) is 5.24. The molecule has 1 heterocycles. The zero-order valence-electron chi connectivity index (χ0n) is 11.1. The van der Waals surface area contributed by atoms with Crippen molar-refractivity contribution in [2.45, 2.75) is 32.1 Å². The number of hydrogen-bond donors (Lipinski definition) is 2. The van der Waals surface area contributed by atoms with Gasteiger partial charge in [-0.25, -0.2) is 0 Å². The molecule has 5 heteroatoms. The van der Waals surface area contributed by atoms with E-state index in [1.54, 1.807) is 18.2 Å². The maximum absolute atomic E-state index is 12.1. The summed E-state index contributed by atoms with van der Waals surface area (Å²) in [5.41, 5.74) is 1.27. The van der Waals surface area contributed by atoms with E-state index in [2.05, 4.69) is 10.6 Å². The average molecular weight is 272 g/mol. The third-order valence-corrected chi connectivity index (χ3v) is 3.98. The number of anilines is 1. The number of benzene rings is 1. The van der Waals surface area contributed by atoms with Crippen molar-refractivity contribution < 1.29 is 14.4 Å². The van der Waals surface area contributed by atoms with Crippen molar-refractivity contribution in [3.05, 3.63) is 29.3 Å². The lowest BCUT2D eigenvalue weighted by atomic mass is 9.88. The topological polar surface area (TPSA) is 75.3 Å². The van der Waals surface area contributed by atoms with Crippen LogP contribution < -0.4 is 10.6 Å². The molecular formula is C15H16N2O3. The van der Waals surface area contributed by atoms with Gasteiger partial charge < -0.3 is 5.32 Å². The van der Waals surface area contributed by atoms with Gasteiger partial charge in [-0.15, -0.1) is 0 Å². The van der Waals surface area contributed by atoms with Gasteiger partial charge in [0.2, 0.25) is 5.91 Å². The minimum Gasteiger partial charge on any atom is -0.326 e. The Morgan fingerprint density at radius 3 is 2.50 bits per heavy atom. The minimum absolute atomic E-state index is 0.00869. The predicted molar refractivity (Wildman–Crippen MR) is 73.4 cm³/mol. The van der Waals surface area contributed by atoms with Gasteiger partial charge in [0.15, 0.2) is 0 Å². The molecule has 0 aromatic heterocycles. The Morgan fingerprint density at radius 1 is 1.05 bits per heavy atom. The van der Waals surface area contributed by atoms with Crippen LogP contribution in [0, 0.1) is 5.92 Å². The van der Waals surface area contributed by atoms with Gasteiger partial charge in [-0.05, 0) is 31.0 Å². The molecule has 0 saturated heterocycles. The van der Waals surface area contributed by atoms with E-state index in [4.69, 9.17) is 0 Å². The molecule has 2 aliphatic rings. The zero-order chi connectivity index (χ0) is 14.1. The van der Waals surface area contributed by atoms with Gasteiger partial charge in [0.25, 0.3) is 11.8 Å². The van der Waals surface area contributed by atoms with E-state index in [1.807, 2.05) is 0 Å². The number of carbonyl (C=O) groups is 3. The fourth-order valence-corrected chi connectivity index (χ4v) is 2.85. The molecule has 5 nitrogen and oxygen atoms in total.